The van der Waals surface area contributed by atoms with Gasteiger partial charge in [-0.3, -0.25) is 4.79 Å². The first kappa shape index (κ1) is 17.8. The number of carbonyl (C=O) groups is 1. The van der Waals surface area contributed by atoms with Gasteiger partial charge in [0.1, 0.15) is 11.9 Å². The molecule has 0 saturated carbocycles. The van der Waals surface area contributed by atoms with E-state index in [1.807, 2.05) is 18.2 Å². The second-order valence-corrected chi connectivity index (χ2v) is 6.90. The normalized spacial score (nSPS) is 19.2. The zero-order valence-corrected chi connectivity index (χ0v) is 15.0. The summed E-state index contributed by atoms with van der Waals surface area (Å²) in [6, 6.07) is 12.2. The highest BCUT2D eigenvalue weighted by atomic mass is 19.1. The van der Waals surface area contributed by atoms with Gasteiger partial charge in [-0.25, -0.2) is 4.39 Å². The van der Waals surface area contributed by atoms with Gasteiger partial charge in [0.2, 0.25) is 0 Å². The van der Waals surface area contributed by atoms with Gasteiger partial charge >= 0.3 is 0 Å². The first-order valence-corrected chi connectivity index (χ1v) is 8.66. The van der Waals surface area contributed by atoms with Crippen molar-refractivity contribution in [2.24, 2.45) is 0 Å². The number of ether oxygens (including phenoxy) is 1. The Morgan fingerprint density at radius 1 is 1.12 bits per heavy atom. The minimum atomic E-state index is -0.253. The van der Waals surface area contributed by atoms with Gasteiger partial charge < -0.3 is 9.64 Å². The van der Waals surface area contributed by atoms with Crippen LogP contribution in [0.2, 0.25) is 0 Å². The second kappa shape index (κ2) is 7.46. The van der Waals surface area contributed by atoms with E-state index in [1.165, 1.54) is 12.1 Å². The fourth-order valence-corrected chi connectivity index (χ4v) is 3.33. The number of nitrogens with zero attached hydrogens (tertiary/aromatic N) is 1. The van der Waals surface area contributed by atoms with E-state index in [2.05, 4.69) is 19.0 Å². The van der Waals surface area contributed by atoms with Crippen LogP contribution in [0.15, 0.2) is 42.5 Å². The molecule has 2 aromatic carbocycles. The summed E-state index contributed by atoms with van der Waals surface area (Å²) in [6.07, 6.45) is 1.66. The first-order valence-electron chi connectivity index (χ1n) is 8.66. The van der Waals surface area contributed by atoms with Crippen LogP contribution in [0.5, 0.6) is 0 Å². The van der Waals surface area contributed by atoms with Crippen LogP contribution in [0.4, 0.5) is 4.39 Å². The summed E-state index contributed by atoms with van der Waals surface area (Å²) >= 11 is 0. The Morgan fingerprint density at radius 2 is 1.84 bits per heavy atom. The van der Waals surface area contributed by atoms with Gasteiger partial charge in [0.25, 0.3) is 0 Å². The molecular formula is C21H24FNO2. The molecule has 1 aliphatic rings. The summed E-state index contributed by atoms with van der Waals surface area (Å²) in [7, 11) is 4.11. The number of hydrogen-bond acceptors (Lipinski definition) is 3. The Morgan fingerprint density at radius 3 is 2.48 bits per heavy atom. The van der Waals surface area contributed by atoms with Crippen LogP contribution in [0.3, 0.4) is 0 Å². The van der Waals surface area contributed by atoms with Crippen LogP contribution < -0.4 is 0 Å². The monoisotopic (exact) mass is 341 g/mol. The molecule has 0 N–H and O–H groups in total. The third kappa shape index (κ3) is 3.97. The molecule has 0 aromatic heterocycles. The number of Topliss-reactive ketones (excluding diaryl/α,β-unsaturated/α-hetero) is 1. The fourth-order valence-electron chi connectivity index (χ4n) is 3.33. The SMILES string of the molecule is CC(=O)c1ccc2c(c1)C(CCCN(C)C)OC2c1ccc(F)cc1. The molecule has 4 heteroatoms. The molecule has 132 valence electrons. The molecule has 0 spiro atoms. The topological polar surface area (TPSA) is 29.5 Å². The van der Waals surface area contributed by atoms with Crippen LogP contribution in [0.25, 0.3) is 0 Å². The standard InChI is InChI=1S/C21H24FNO2/c1-14(24)16-8-11-18-19(13-16)20(5-4-12-23(2)3)25-21(18)15-6-9-17(22)10-7-15/h6-11,13,20-21H,4-5,12H2,1-3H3. The van der Waals surface area contributed by atoms with Crippen molar-refractivity contribution in [3.63, 3.8) is 0 Å². The fraction of sp³-hybridized carbons (Fsp3) is 0.381. The van der Waals surface area contributed by atoms with Crippen molar-refractivity contribution in [2.75, 3.05) is 20.6 Å². The molecule has 1 aliphatic heterocycles. The van der Waals surface area contributed by atoms with Gasteiger partial charge in [-0.05, 0) is 75.3 Å². The lowest BCUT2D eigenvalue weighted by Crippen LogP contribution is -2.14. The van der Waals surface area contributed by atoms with Crippen molar-refractivity contribution in [1.82, 2.24) is 4.90 Å². The summed E-state index contributed by atoms with van der Waals surface area (Å²) in [4.78, 5) is 13.9. The lowest BCUT2D eigenvalue weighted by atomic mass is 9.93. The predicted octanol–water partition coefficient (Wildman–Crippen LogP) is 4.53. The molecule has 2 aromatic rings. The lowest BCUT2D eigenvalue weighted by molar-refractivity contribution is 0.0264. The minimum absolute atomic E-state index is 0.0377. The van der Waals surface area contributed by atoms with Crippen molar-refractivity contribution in [2.45, 2.75) is 32.0 Å². The van der Waals surface area contributed by atoms with Crippen molar-refractivity contribution in [3.05, 3.63) is 70.5 Å². The van der Waals surface area contributed by atoms with Gasteiger partial charge in [-0.2, -0.15) is 0 Å². The van der Waals surface area contributed by atoms with E-state index in [0.717, 1.165) is 36.1 Å². The average Bonchev–Trinajstić information content (AvgIpc) is 2.93. The molecule has 0 fully saturated rings. The molecular weight excluding hydrogens is 317 g/mol. The Hall–Kier alpha value is -2.04. The van der Waals surface area contributed by atoms with E-state index >= 15 is 0 Å². The molecule has 0 aliphatic carbocycles. The van der Waals surface area contributed by atoms with Gasteiger partial charge in [-0.1, -0.05) is 24.3 Å². The largest absolute Gasteiger partial charge is 0.361 e. The minimum Gasteiger partial charge on any atom is -0.361 e. The predicted molar refractivity (Wildman–Crippen MR) is 96.3 cm³/mol. The summed E-state index contributed by atoms with van der Waals surface area (Å²) < 4.78 is 19.6. The first-order chi connectivity index (χ1) is 12.0. The highest BCUT2D eigenvalue weighted by molar-refractivity contribution is 5.94. The maximum atomic E-state index is 13.2. The summed E-state index contributed by atoms with van der Waals surface area (Å²) in [5.74, 6) is -0.198. The van der Waals surface area contributed by atoms with Crippen molar-refractivity contribution < 1.29 is 13.9 Å². The second-order valence-electron chi connectivity index (χ2n) is 6.90. The van der Waals surface area contributed by atoms with E-state index in [0.29, 0.717) is 5.56 Å². The van der Waals surface area contributed by atoms with E-state index in [1.54, 1.807) is 19.1 Å². The summed E-state index contributed by atoms with van der Waals surface area (Å²) in [5.41, 5.74) is 3.81. The molecule has 0 radical (unpaired) electrons. The lowest BCUT2D eigenvalue weighted by Gasteiger charge is -2.16. The quantitative estimate of drug-likeness (QED) is 0.723. The molecule has 0 bridgehead atoms. The Labute approximate surface area is 148 Å². The zero-order chi connectivity index (χ0) is 18.0. The van der Waals surface area contributed by atoms with Crippen LogP contribution in [0, 0.1) is 5.82 Å². The smallest absolute Gasteiger partial charge is 0.159 e. The summed E-state index contributed by atoms with van der Waals surface area (Å²) in [6.45, 7) is 2.57. The van der Waals surface area contributed by atoms with Gasteiger partial charge in [0.05, 0.1) is 6.10 Å². The van der Waals surface area contributed by atoms with Gasteiger partial charge in [0, 0.05) is 5.56 Å². The third-order valence-corrected chi connectivity index (χ3v) is 4.67. The number of hydrogen-bond donors (Lipinski definition) is 0. The third-order valence-electron chi connectivity index (χ3n) is 4.67. The van der Waals surface area contributed by atoms with Crippen molar-refractivity contribution in [3.8, 4) is 0 Å². The maximum Gasteiger partial charge on any atom is 0.159 e. The number of rotatable bonds is 6. The maximum absolute atomic E-state index is 13.2. The highest BCUT2D eigenvalue weighted by Gasteiger charge is 2.33. The van der Waals surface area contributed by atoms with E-state index < -0.39 is 0 Å². The molecule has 0 saturated heterocycles. The van der Waals surface area contributed by atoms with Crippen molar-refractivity contribution >= 4 is 5.78 Å². The van der Waals surface area contributed by atoms with Crippen molar-refractivity contribution in [1.29, 1.82) is 0 Å². The van der Waals surface area contributed by atoms with Gasteiger partial charge in [-0.15, -0.1) is 0 Å². The molecule has 2 atom stereocenters. The highest BCUT2D eigenvalue weighted by Crippen LogP contribution is 2.45. The number of ketones is 1. The molecule has 2 unspecified atom stereocenters. The zero-order valence-electron chi connectivity index (χ0n) is 15.0. The number of carbonyl (C=O) groups excluding carboxylic acids is 1. The Kier molecular flexibility index (Phi) is 5.30. The average molecular weight is 341 g/mol. The Bertz CT molecular complexity index is 755. The van der Waals surface area contributed by atoms with Crippen LogP contribution in [-0.4, -0.2) is 31.3 Å². The Balaban J connectivity index is 1.91. The molecule has 0 amide bonds. The van der Waals surface area contributed by atoms with Crippen LogP contribution >= 0.6 is 0 Å². The molecule has 1 heterocycles. The van der Waals surface area contributed by atoms with E-state index in [-0.39, 0.29) is 23.8 Å². The van der Waals surface area contributed by atoms with E-state index in [9.17, 15) is 9.18 Å². The number of halogens is 1. The molecule has 3 rings (SSSR count). The van der Waals surface area contributed by atoms with E-state index in [4.69, 9.17) is 4.74 Å². The van der Waals surface area contributed by atoms with Gasteiger partial charge in [0.15, 0.2) is 5.78 Å². The molecule has 3 nitrogen and oxygen atoms in total. The van der Waals surface area contributed by atoms with Crippen LogP contribution in [0.1, 0.15) is 59.0 Å². The van der Waals surface area contributed by atoms with Crippen LogP contribution in [-0.2, 0) is 4.74 Å². The number of fused-ring (bicyclic) bond motifs is 1. The number of benzene rings is 2. The summed E-state index contributed by atoms with van der Waals surface area (Å²) in [5, 5.41) is 0. The molecule has 25 heavy (non-hydrogen) atoms.